The molecule has 5 rings (SSSR count). The lowest BCUT2D eigenvalue weighted by Crippen LogP contribution is -2.56. The summed E-state index contributed by atoms with van der Waals surface area (Å²) in [7, 11) is 1.59. The largest absolute Gasteiger partial charge is 0.497 e. The smallest absolute Gasteiger partial charge is 0.311 e. The highest BCUT2D eigenvalue weighted by atomic mass is 32.2. The number of esters is 1. The van der Waals surface area contributed by atoms with E-state index < -0.39 is 39.4 Å². The zero-order valence-electron chi connectivity index (χ0n) is 21.5. The summed E-state index contributed by atoms with van der Waals surface area (Å²) in [5, 5.41) is 10.2. The van der Waals surface area contributed by atoms with Gasteiger partial charge in [0.25, 0.3) is 5.91 Å². The van der Waals surface area contributed by atoms with Gasteiger partial charge in [0, 0.05) is 17.0 Å². The molecule has 1 unspecified atom stereocenters. The molecule has 8 nitrogen and oxygen atoms in total. The molecule has 2 fully saturated rings. The maximum Gasteiger partial charge on any atom is 0.311 e. The average Bonchev–Trinajstić information content (AvgIpc) is 3.25. The number of methoxy groups -OCH3 is 1. The topological polar surface area (TPSA) is 96.4 Å². The maximum absolute atomic E-state index is 14.4. The van der Waals surface area contributed by atoms with Crippen LogP contribution < -0.4 is 9.64 Å². The predicted octanol–water partition coefficient (Wildman–Crippen LogP) is 2.95. The Balaban J connectivity index is 1.65. The average molecular weight is 527 g/mol. The Morgan fingerprint density at radius 1 is 1.14 bits per heavy atom. The quantitative estimate of drug-likeness (QED) is 0.466. The van der Waals surface area contributed by atoms with E-state index in [9.17, 15) is 19.5 Å². The number of thioether (sulfide) groups is 1. The molecule has 6 atom stereocenters. The van der Waals surface area contributed by atoms with E-state index in [2.05, 4.69) is 6.08 Å². The molecule has 2 amide bonds. The van der Waals surface area contributed by atoms with Crippen LogP contribution in [0, 0.1) is 11.8 Å². The Hall–Kier alpha value is -2.78. The maximum atomic E-state index is 14.4. The predicted molar refractivity (Wildman–Crippen MR) is 141 cm³/mol. The third-order valence-electron chi connectivity index (χ3n) is 8.15. The van der Waals surface area contributed by atoms with Crippen LogP contribution in [0.5, 0.6) is 5.75 Å². The van der Waals surface area contributed by atoms with E-state index in [1.54, 1.807) is 29.0 Å². The number of allylic oxidation sites excluding steroid dienone is 1. The molecule has 0 aromatic heterocycles. The molecule has 1 N–H and O–H groups in total. The van der Waals surface area contributed by atoms with E-state index in [-0.39, 0.29) is 18.4 Å². The number of cyclic esters (lactones) is 1. The second kappa shape index (κ2) is 9.83. The van der Waals surface area contributed by atoms with E-state index in [1.807, 2.05) is 44.2 Å². The number of hydrogen-bond donors (Lipinski definition) is 1. The summed E-state index contributed by atoms with van der Waals surface area (Å²) in [6.07, 6.45) is 9.99. The fourth-order valence-corrected chi connectivity index (χ4v) is 8.51. The van der Waals surface area contributed by atoms with Crippen LogP contribution in [0.2, 0.25) is 0 Å². The molecule has 198 valence electrons. The summed E-state index contributed by atoms with van der Waals surface area (Å²) in [6, 6.07) is 5.83. The SMILES string of the molecule is CC[C@@H](CO)N1C(=O)[C@@H]2[C@@H]3C(=O)OCCC/C=C\[C@]3(C)S[C@@]23C=CCN(c2ccc(OC)cc2)C(=O)C13. The van der Waals surface area contributed by atoms with Gasteiger partial charge in [0.15, 0.2) is 0 Å². The van der Waals surface area contributed by atoms with Crippen molar-refractivity contribution in [3.8, 4) is 5.75 Å². The molecule has 1 aromatic carbocycles. The highest BCUT2D eigenvalue weighted by molar-refractivity contribution is 8.02. The van der Waals surface area contributed by atoms with Crippen molar-refractivity contribution >= 4 is 35.2 Å². The minimum Gasteiger partial charge on any atom is -0.497 e. The summed E-state index contributed by atoms with van der Waals surface area (Å²) in [5.41, 5.74) is 0.691. The van der Waals surface area contributed by atoms with E-state index >= 15 is 0 Å². The van der Waals surface area contributed by atoms with Crippen molar-refractivity contribution in [2.75, 3.05) is 31.8 Å². The number of amides is 2. The molecule has 0 aliphatic carbocycles. The van der Waals surface area contributed by atoms with Gasteiger partial charge in [0.1, 0.15) is 11.8 Å². The van der Waals surface area contributed by atoms with E-state index in [4.69, 9.17) is 9.47 Å². The molecule has 0 saturated carbocycles. The molecule has 9 heteroatoms. The zero-order valence-corrected chi connectivity index (χ0v) is 22.3. The first-order chi connectivity index (χ1) is 17.8. The Bertz CT molecular complexity index is 1130. The highest BCUT2D eigenvalue weighted by Crippen LogP contribution is 2.65. The number of aliphatic hydroxyl groups excluding tert-OH is 1. The number of fused-ring (bicyclic) bond motifs is 2. The van der Waals surface area contributed by atoms with E-state index in [0.717, 1.165) is 12.8 Å². The lowest BCUT2D eigenvalue weighted by Gasteiger charge is -2.39. The lowest BCUT2D eigenvalue weighted by molar-refractivity contribution is -0.154. The fourth-order valence-electron chi connectivity index (χ4n) is 6.37. The summed E-state index contributed by atoms with van der Waals surface area (Å²) in [6.45, 7) is 4.23. The van der Waals surface area contributed by atoms with Crippen LogP contribution in [0.15, 0.2) is 48.6 Å². The third kappa shape index (κ3) is 3.98. The second-order valence-electron chi connectivity index (χ2n) is 10.2. The molecular weight excluding hydrogens is 492 g/mol. The molecular formula is C28H34N2O6S. The van der Waals surface area contributed by atoms with Crippen molar-refractivity contribution in [2.45, 2.75) is 54.7 Å². The Morgan fingerprint density at radius 3 is 2.57 bits per heavy atom. The van der Waals surface area contributed by atoms with Crippen LogP contribution in [0.1, 0.15) is 33.1 Å². The molecule has 4 heterocycles. The first-order valence-electron chi connectivity index (χ1n) is 12.9. The second-order valence-corrected chi connectivity index (χ2v) is 12.0. The Morgan fingerprint density at radius 2 is 1.89 bits per heavy atom. The minimum absolute atomic E-state index is 0.224. The van der Waals surface area contributed by atoms with Gasteiger partial charge in [-0.3, -0.25) is 14.4 Å². The van der Waals surface area contributed by atoms with Crippen LogP contribution in [0.25, 0.3) is 0 Å². The summed E-state index contributed by atoms with van der Waals surface area (Å²) in [5.74, 6) is -1.73. The van der Waals surface area contributed by atoms with Gasteiger partial charge in [-0.2, -0.15) is 0 Å². The van der Waals surface area contributed by atoms with Gasteiger partial charge in [-0.05, 0) is 50.5 Å². The van der Waals surface area contributed by atoms with Gasteiger partial charge < -0.3 is 24.4 Å². The van der Waals surface area contributed by atoms with Crippen LogP contribution in [0.4, 0.5) is 5.69 Å². The number of ether oxygens (including phenoxy) is 2. The van der Waals surface area contributed by atoms with Crippen molar-refractivity contribution < 1.29 is 29.0 Å². The number of carbonyl (C=O) groups is 3. The van der Waals surface area contributed by atoms with Crippen LogP contribution in [-0.4, -0.2) is 76.2 Å². The van der Waals surface area contributed by atoms with Gasteiger partial charge in [-0.1, -0.05) is 31.2 Å². The number of carbonyl (C=O) groups excluding carboxylic acids is 3. The van der Waals surface area contributed by atoms with E-state index in [0.29, 0.717) is 31.0 Å². The number of benzene rings is 1. The number of likely N-dealkylation sites (tertiary alicyclic amines) is 1. The monoisotopic (exact) mass is 526 g/mol. The number of aliphatic hydroxyl groups is 1. The van der Waals surface area contributed by atoms with Crippen molar-refractivity contribution in [1.82, 2.24) is 4.90 Å². The van der Waals surface area contributed by atoms with Gasteiger partial charge in [-0.25, -0.2) is 0 Å². The number of rotatable bonds is 5. The highest BCUT2D eigenvalue weighted by Gasteiger charge is 2.74. The number of nitrogens with zero attached hydrogens (tertiary/aromatic N) is 2. The third-order valence-corrected chi connectivity index (χ3v) is 9.94. The number of anilines is 1. The molecule has 4 aliphatic rings. The Labute approximate surface area is 221 Å². The fraction of sp³-hybridized carbons (Fsp3) is 0.536. The molecule has 2 saturated heterocycles. The van der Waals surface area contributed by atoms with E-state index in [1.165, 1.54) is 11.8 Å². The lowest BCUT2D eigenvalue weighted by atomic mass is 9.74. The normalized spacial score (nSPS) is 34.9. The van der Waals surface area contributed by atoms with Gasteiger partial charge in [-0.15, -0.1) is 11.8 Å². The zero-order chi connectivity index (χ0) is 26.4. The molecule has 0 bridgehead atoms. The summed E-state index contributed by atoms with van der Waals surface area (Å²) < 4.78 is 9.24. The first kappa shape index (κ1) is 25.9. The Kier molecular flexibility index (Phi) is 6.87. The van der Waals surface area contributed by atoms with Crippen molar-refractivity contribution in [1.29, 1.82) is 0 Å². The standard InChI is InChI=1S/C28H34N2O6S/c1-4-18(17-31)30-23-25(33)29(19-9-11-20(35-3)12-10-19)15-8-14-28(23)21(24(30)32)22-26(34)36-16-7-5-6-13-27(22,2)37-28/h6,8-14,18,21-23,31H,4-5,7,15-17H2,1-3H3/b13-6-/t18-,21-,22+,23?,27-,28-/m0/s1. The molecule has 1 spiro atoms. The van der Waals surface area contributed by atoms with Crippen LogP contribution in [-0.2, 0) is 19.1 Å². The molecule has 4 aliphatic heterocycles. The van der Waals surface area contributed by atoms with Gasteiger partial charge in [0.05, 0.1) is 42.9 Å². The van der Waals surface area contributed by atoms with Crippen molar-refractivity contribution in [3.63, 3.8) is 0 Å². The van der Waals surface area contributed by atoms with Crippen molar-refractivity contribution in [2.24, 2.45) is 11.8 Å². The van der Waals surface area contributed by atoms with Gasteiger partial charge >= 0.3 is 5.97 Å². The summed E-state index contributed by atoms with van der Waals surface area (Å²) in [4.78, 5) is 45.4. The van der Waals surface area contributed by atoms with Crippen LogP contribution >= 0.6 is 11.8 Å². The first-order valence-corrected chi connectivity index (χ1v) is 13.7. The molecule has 1 aromatic rings. The number of hydrogen-bond acceptors (Lipinski definition) is 7. The van der Waals surface area contributed by atoms with Crippen molar-refractivity contribution in [3.05, 3.63) is 48.6 Å². The molecule has 37 heavy (non-hydrogen) atoms. The minimum atomic E-state index is -0.972. The molecule has 0 radical (unpaired) electrons. The van der Waals surface area contributed by atoms with Crippen LogP contribution in [0.3, 0.4) is 0 Å². The summed E-state index contributed by atoms with van der Waals surface area (Å²) >= 11 is 1.51. The van der Waals surface area contributed by atoms with Gasteiger partial charge in [0.2, 0.25) is 5.91 Å².